The highest BCUT2D eigenvalue weighted by Gasteiger charge is 2.33. The fraction of sp³-hybridized carbons (Fsp3) is 0.538. The van der Waals surface area contributed by atoms with Crippen LogP contribution in [0.5, 0.6) is 0 Å². The van der Waals surface area contributed by atoms with E-state index in [-0.39, 0.29) is 10.9 Å². The monoisotopic (exact) mass is 304 g/mol. The van der Waals surface area contributed by atoms with Crippen molar-refractivity contribution >= 4 is 15.5 Å². The molecule has 1 N–H and O–H groups in total. The van der Waals surface area contributed by atoms with Gasteiger partial charge in [-0.2, -0.15) is 8.78 Å². The molecule has 1 aromatic rings. The molecule has 0 atom stereocenters. The van der Waals surface area contributed by atoms with Crippen molar-refractivity contribution in [2.24, 2.45) is 0 Å². The van der Waals surface area contributed by atoms with Gasteiger partial charge in [0.2, 0.25) is 9.84 Å². The van der Waals surface area contributed by atoms with Gasteiger partial charge in [-0.25, -0.2) is 8.42 Å². The number of sulfone groups is 1. The second-order valence-electron chi connectivity index (χ2n) is 4.78. The number of anilines is 1. The van der Waals surface area contributed by atoms with Gasteiger partial charge in [0.25, 0.3) is 0 Å². The van der Waals surface area contributed by atoms with E-state index in [1.54, 1.807) is 12.1 Å². The van der Waals surface area contributed by atoms with Crippen LogP contribution in [0.1, 0.15) is 13.3 Å². The molecular weight excluding hydrogens is 286 g/mol. The van der Waals surface area contributed by atoms with Gasteiger partial charge in [0.15, 0.2) is 0 Å². The zero-order chi connectivity index (χ0) is 14.8. The lowest BCUT2D eigenvalue weighted by Crippen LogP contribution is -2.57. The van der Waals surface area contributed by atoms with Crippen LogP contribution in [0.4, 0.5) is 14.5 Å². The van der Waals surface area contributed by atoms with Crippen molar-refractivity contribution in [2.45, 2.75) is 30.0 Å². The summed E-state index contributed by atoms with van der Waals surface area (Å²) in [6.07, 6.45) is 0.819. The van der Waals surface area contributed by atoms with Crippen LogP contribution in [0.15, 0.2) is 29.2 Å². The van der Waals surface area contributed by atoms with Crippen LogP contribution in [0.2, 0.25) is 0 Å². The first-order chi connectivity index (χ1) is 9.48. The molecule has 0 spiro atoms. The predicted molar refractivity (Wildman–Crippen MR) is 73.9 cm³/mol. The Morgan fingerprint density at radius 2 is 2.00 bits per heavy atom. The van der Waals surface area contributed by atoms with Crippen LogP contribution in [0.3, 0.4) is 0 Å². The first kappa shape index (κ1) is 15.2. The summed E-state index contributed by atoms with van der Waals surface area (Å²) < 4.78 is 49.2. The molecule has 0 saturated carbocycles. The maximum absolute atomic E-state index is 12.8. The minimum absolute atomic E-state index is 0.156. The molecule has 1 aliphatic heterocycles. The molecule has 20 heavy (non-hydrogen) atoms. The van der Waals surface area contributed by atoms with Gasteiger partial charge in [-0.1, -0.05) is 19.1 Å². The highest BCUT2D eigenvalue weighted by atomic mass is 32.2. The Morgan fingerprint density at radius 3 is 2.50 bits per heavy atom. The Labute approximate surface area is 117 Å². The van der Waals surface area contributed by atoms with Crippen LogP contribution in [-0.4, -0.2) is 39.9 Å². The van der Waals surface area contributed by atoms with Crippen LogP contribution in [-0.2, 0) is 9.84 Å². The number of halogens is 2. The van der Waals surface area contributed by atoms with Gasteiger partial charge in [-0.05, 0) is 18.6 Å². The smallest absolute Gasteiger partial charge is 0.341 e. The van der Waals surface area contributed by atoms with E-state index in [0.29, 0.717) is 12.2 Å². The largest absolute Gasteiger partial charge is 0.365 e. The second-order valence-corrected chi connectivity index (χ2v) is 6.67. The topological polar surface area (TPSA) is 49.4 Å². The number of rotatable bonds is 6. The molecule has 7 heteroatoms. The SMILES string of the molecule is CCCN(c1ccccc1S(=O)(=O)C(F)F)C1CNC1. The number of hydrogen-bond acceptors (Lipinski definition) is 4. The minimum Gasteiger partial charge on any atom is -0.365 e. The standard InChI is InChI=1S/C13H18F2N2O2S/c1-2-7-17(10-8-16-9-10)11-5-3-4-6-12(11)20(18,19)13(14)15/h3-6,10,13,16H,2,7-9H2,1H3. The Hall–Kier alpha value is -1.21. The summed E-state index contributed by atoms with van der Waals surface area (Å²) in [7, 11) is -4.58. The van der Waals surface area contributed by atoms with E-state index < -0.39 is 15.6 Å². The number of alkyl halides is 2. The highest BCUT2D eigenvalue weighted by molar-refractivity contribution is 7.91. The molecule has 0 aliphatic carbocycles. The lowest BCUT2D eigenvalue weighted by atomic mass is 10.1. The maximum atomic E-state index is 12.8. The molecule has 0 unspecified atom stereocenters. The number of benzene rings is 1. The van der Waals surface area contributed by atoms with E-state index in [2.05, 4.69) is 5.32 Å². The van der Waals surface area contributed by atoms with Gasteiger partial charge < -0.3 is 10.2 Å². The third kappa shape index (κ3) is 2.78. The van der Waals surface area contributed by atoms with E-state index >= 15 is 0 Å². The van der Waals surface area contributed by atoms with Crippen LogP contribution in [0.25, 0.3) is 0 Å². The van der Waals surface area contributed by atoms with Crippen LogP contribution >= 0.6 is 0 Å². The lowest BCUT2D eigenvalue weighted by molar-refractivity contribution is 0.234. The predicted octanol–water partition coefficient (Wildman–Crippen LogP) is 1.87. The van der Waals surface area contributed by atoms with Gasteiger partial charge in [0.1, 0.15) is 0 Å². The summed E-state index contributed by atoms with van der Waals surface area (Å²) >= 11 is 0. The molecule has 0 amide bonds. The fourth-order valence-corrected chi connectivity index (χ4v) is 3.20. The van der Waals surface area contributed by atoms with Gasteiger partial charge >= 0.3 is 5.76 Å². The summed E-state index contributed by atoms with van der Waals surface area (Å²) in [5.41, 5.74) is 0.376. The van der Waals surface area contributed by atoms with Crippen molar-refractivity contribution in [1.82, 2.24) is 5.32 Å². The molecule has 112 valence electrons. The Balaban J connectivity index is 2.45. The molecule has 0 aromatic heterocycles. The average Bonchev–Trinajstić information content (AvgIpc) is 2.36. The van der Waals surface area contributed by atoms with Gasteiger partial charge in [0, 0.05) is 19.6 Å². The zero-order valence-electron chi connectivity index (χ0n) is 11.2. The first-order valence-electron chi connectivity index (χ1n) is 6.57. The Morgan fingerprint density at radius 1 is 1.35 bits per heavy atom. The number of nitrogens with one attached hydrogen (secondary N) is 1. The molecule has 1 aromatic carbocycles. The molecule has 1 saturated heterocycles. The molecule has 0 bridgehead atoms. The summed E-state index contributed by atoms with van der Waals surface area (Å²) in [6.45, 7) is 4.09. The highest BCUT2D eigenvalue weighted by Crippen LogP contribution is 2.31. The minimum atomic E-state index is -4.58. The van der Waals surface area contributed by atoms with E-state index in [9.17, 15) is 17.2 Å². The van der Waals surface area contributed by atoms with E-state index in [1.165, 1.54) is 12.1 Å². The van der Waals surface area contributed by atoms with Crippen molar-refractivity contribution in [3.8, 4) is 0 Å². The average molecular weight is 304 g/mol. The summed E-state index contributed by atoms with van der Waals surface area (Å²) in [5, 5.41) is 3.11. The number of para-hydroxylation sites is 1. The molecular formula is C13H18F2N2O2S. The second kappa shape index (κ2) is 6.05. The zero-order valence-corrected chi connectivity index (χ0v) is 12.0. The van der Waals surface area contributed by atoms with Gasteiger partial charge in [0.05, 0.1) is 16.6 Å². The third-order valence-corrected chi connectivity index (χ3v) is 4.81. The fourth-order valence-electron chi connectivity index (χ4n) is 2.27. The molecule has 1 aliphatic rings. The van der Waals surface area contributed by atoms with Gasteiger partial charge in [-0.3, -0.25) is 0 Å². The Bertz CT molecular complexity index is 559. The maximum Gasteiger partial charge on any atom is 0.341 e. The van der Waals surface area contributed by atoms with Crippen molar-refractivity contribution in [3.05, 3.63) is 24.3 Å². The van der Waals surface area contributed by atoms with Crippen molar-refractivity contribution in [1.29, 1.82) is 0 Å². The first-order valence-corrected chi connectivity index (χ1v) is 8.11. The normalized spacial score (nSPS) is 16.2. The molecule has 0 radical (unpaired) electrons. The van der Waals surface area contributed by atoms with Gasteiger partial charge in [-0.15, -0.1) is 0 Å². The number of nitrogens with zero attached hydrogens (tertiary/aromatic N) is 1. The van der Waals surface area contributed by atoms with E-state index in [4.69, 9.17) is 0 Å². The summed E-state index contributed by atoms with van der Waals surface area (Å²) in [5.74, 6) is -3.40. The number of hydrogen-bond donors (Lipinski definition) is 1. The summed E-state index contributed by atoms with van der Waals surface area (Å²) in [4.78, 5) is 1.63. The molecule has 1 fully saturated rings. The van der Waals surface area contributed by atoms with Crippen LogP contribution < -0.4 is 10.2 Å². The van der Waals surface area contributed by atoms with Crippen molar-refractivity contribution in [2.75, 3.05) is 24.5 Å². The quantitative estimate of drug-likeness (QED) is 0.872. The molecule has 4 nitrogen and oxygen atoms in total. The lowest BCUT2D eigenvalue weighted by Gasteiger charge is -2.40. The summed E-state index contributed by atoms with van der Waals surface area (Å²) in [6, 6.07) is 6.16. The Kier molecular flexibility index (Phi) is 4.59. The van der Waals surface area contributed by atoms with E-state index in [1.807, 2.05) is 11.8 Å². The van der Waals surface area contributed by atoms with Crippen molar-refractivity contribution in [3.63, 3.8) is 0 Å². The molecule has 1 heterocycles. The van der Waals surface area contributed by atoms with Crippen molar-refractivity contribution < 1.29 is 17.2 Å². The third-order valence-electron chi connectivity index (χ3n) is 3.38. The van der Waals surface area contributed by atoms with Crippen LogP contribution in [0, 0.1) is 0 Å². The van der Waals surface area contributed by atoms with E-state index in [0.717, 1.165) is 19.5 Å². The molecule has 2 rings (SSSR count).